The van der Waals surface area contributed by atoms with Crippen molar-refractivity contribution in [3.05, 3.63) is 58.6 Å². The summed E-state index contributed by atoms with van der Waals surface area (Å²) >= 11 is 6.15. The zero-order chi connectivity index (χ0) is 17.1. The average Bonchev–Trinajstić information content (AvgIpc) is 3.00. The van der Waals surface area contributed by atoms with Crippen LogP contribution >= 0.6 is 11.6 Å². The predicted molar refractivity (Wildman–Crippen MR) is 93.3 cm³/mol. The lowest BCUT2D eigenvalue weighted by atomic mass is 10.2. The highest BCUT2D eigenvalue weighted by molar-refractivity contribution is 6.44. The van der Waals surface area contributed by atoms with Gasteiger partial charge in [0.25, 0.3) is 0 Å². The molecule has 0 bridgehead atoms. The van der Waals surface area contributed by atoms with Crippen LogP contribution in [0.1, 0.15) is 11.1 Å². The Morgan fingerprint density at radius 1 is 1.25 bits per heavy atom. The van der Waals surface area contributed by atoms with E-state index in [9.17, 15) is 9.59 Å². The molecule has 0 unspecified atom stereocenters. The first-order chi connectivity index (χ1) is 11.6. The minimum atomic E-state index is -0.669. The molecule has 1 heterocycles. The van der Waals surface area contributed by atoms with Crippen molar-refractivity contribution in [2.45, 2.75) is 13.0 Å². The first-order valence-corrected chi connectivity index (χ1v) is 7.96. The molecular formula is C18H17ClN2O3. The molecule has 5 nitrogen and oxygen atoms in total. The van der Waals surface area contributed by atoms with Crippen LogP contribution in [0.15, 0.2) is 42.5 Å². The van der Waals surface area contributed by atoms with Crippen molar-refractivity contribution in [3.8, 4) is 0 Å². The number of benzene rings is 2. The van der Waals surface area contributed by atoms with Gasteiger partial charge in [-0.15, -0.1) is 0 Å². The molecule has 1 aliphatic heterocycles. The molecule has 0 atom stereocenters. The Morgan fingerprint density at radius 2 is 2.04 bits per heavy atom. The summed E-state index contributed by atoms with van der Waals surface area (Å²) in [5.41, 5.74) is 3.09. The Labute approximate surface area is 145 Å². The number of hydrogen-bond donors (Lipinski definition) is 1. The summed E-state index contributed by atoms with van der Waals surface area (Å²) in [5, 5.41) is 3.26. The summed E-state index contributed by atoms with van der Waals surface area (Å²) < 4.78 is 5.07. The van der Waals surface area contributed by atoms with E-state index in [0.717, 1.165) is 11.1 Å². The number of anilines is 2. The van der Waals surface area contributed by atoms with E-state index in [1.54, 1.807) is 43.5 Å². The molecule has 2 aromatic carbocycles. The smallest absolute Gasteiger partial charge is 0.316 e. The van der Waals surface area contributed by atoms with Crippen LogP contribution in [-0.4, -0.2) is 25.5 Å². The Kier molecular flexibility index (Phi) is 4.83. The fourth-order valence-corrected chi connectivity index (χ4v) is 3.08. The Balaban J connectivity index is 1.74. The van der Waals surface area contributed by atoms with Crippen LogP contribution in [0.2, 0.25) is 5.02 Å². The Hall–Kier alpha value is -2.37. The van der Waals surface area contributed by atoms with E-state index in [1.807, 2.05) is 6.07 Å². The number of fused-ring (bicyclic) bond motifs is 1. The van der Waals surface area contributed by atoms with Gasteiger partial charge in [0.15, 0.2) is 0 Å². The maximum Gasteiger partial charge on any atom is 0.316 e. The van der Waals surface area contributed by atoms with Crippen LogP contribution in [0.3, 0.4) is 0 Å². The molecule has 2 amide bonds. The maximum atomic E-state index is 12.5. The normalized spacial score (nSPS) is 12.8. The molecule has 0 saturated carbocycles. The number of carbonyl (C=O) groups excluding carboxylic acids is 2. The monoisotopic (exact) mass is 344 g/mol. The highest BCUT2D eigenvalue weighted by Crippen LogP contribution is 2.33. The minimum absolute atomic E-state index is 0.440. The fraction of sp³-hybridized carbons (Fsp3) is 0.222. The molecule has 3 rings (SSSR count). The lowest BCUT2D eigenvalue weighted by molar-refractivity contribution is -0.134. The van der Waals surface area contributed by atoms with E-state index < -0.39 is 11.8 Å². The summed E-state index contributed by atoms with van der Waals surface area (Å²) in [7, 11) is 1.60. The highest BCUT2D eigenvalue weighted by atomic mass is 35.5. The second-order valence-electron chi connectivity index (χ2n) is 5.53. The molecule has 6 heteroatoms. The number of halogens is 1. The van der Waals surface area contributed by atoms with E-state index >= 15 is 0 Å². The summed E-state index contributed by atoms with van der Waals surface area (Å²) in [6.45, 7) is 0.894. The maximum absolute atomic E-state index is 12.5. The summed E-state index contributed by atoms with van der Waals surface area (Å²) in [5.74, 6) is -1.26. The van der Waals surface area contributed by atoms with Gasteiger partial charge in [-0.2, -0.15) is 0 Å². The van der Waals surface area contributed by atoms with E-state index in [0.29, 0.717) is 36.0 Å². The molecule has 24 heavy (non-hydrogen) atoms. The summed E-state index contributed by atoms with van der Waals surface area (Å²) in [4.78, 5) is 26.2. The number of amides is 2. The zero-order valence-electron chi connectivity index (χ0n) is 13.2. The molecule has 0 aliphatic carbocycles. The number of hydrogen-bond acceptors (Lipinski definition) is 3. The average molecular weight is 345 g/mol. The van der Waals surface area contributed by atoms with Crippen LogP contribution in [0.25, 0.3) is 0 Å². The second-order valence-corrected chi connectivity index (χ2v) is 5.94. The number of methoxy groups -OCH3 is 1. The lowest BCUT2D eigenvalue weighted by Crippen LogP contribution is -2.38. The van der Waals surface area contributed by atoms with Crippen LogP contribution in [0.4, 0.5) is 11.4 Å². The van der Waals surface area contributed by atoms with E-state index in [4.69, 9.17) is 16.3 Å². The third-order valence-electron chi connectivity index (χ3n) is 3.91. The van der Waals surface area contributed by atoms with E-state index in [-0.39, 0.29) is 0 Å². The van der Waals surface area contributed by atoms with Crippen molar-refractivity contribution in [2.24, 2.45) is 0 Å². The molecular weight excluding hydrogens is 328 g/mol. The van der Waals surface area contributed by atoms with Crippen LogP contribution < -0.4 is 10.2 Å². The van der Waals surface area contributed by atoms with Gasteiger partial charge in [0.2, 0.25) is 0 Å². The van der Waals surface area contributed by atoms with E-state index in [1.165, 1.54) is 4.90 Å². The third-order valence-corrected chi connectivity index (χ3v) is 4.26. The van der Waals surface area contributed by atoms with Gasteiger partial charge in [0, 0.05) is 30.1 Å². The molecule has 1 N–H and O–H groups in total. The van der Waals surface area contributed by atoms with Crippen molar-refractivity contribution in [1.29, 1.82) is 0 Å². The molecule has 1 aliphatic rings. The van der Waals surface area contributed by atoms with Crippen molar-refractivity contribution in [1.82, 2.24) is 0 Å². The number of rotatable bonds is 3. The third kappa shape index (κ3) is 3.27. The standard InChI is InChI=1S/C18H17ClN2O3/c1-24-11-12-4-2-5-13(10-12)20-17(22)18(23)21-9-8-14-15(19)6-3-7-16(14)21/h2-7,10H,8-9,11H2,1H3,(H,20,22). The molecule has 2 aromatic rings. The molecule has 0 spiro atoms. The van der Waals surface area contributed by atoms with Crippen molar-refractivity contribution in [2.75, 3.05) is 23.9 Å². The van der Waals surface area contributed by atoms with Gasteiger partial charge in [-0.05, 0) is 41.8 Å². The second kappa shape index (κ2) is 7.03. The van der Waals surface area contributed by atoms with Crippen LogP contribution in [0.5, 0.6) is 0 Å². The molecule has 124 valence electrons. The Morgan fingerprint density at radius 3 is 2.83 bits per heavy atom. The molecule has 0 aromatic heterocycles. The zero-order valence-corrected chi connectivity index (χ0v) is 14.0. The van der Waals surface area contributed by atoms with Gasteiger partial charge < -0.3 is 15.0 Å². The molecule has 0 saturated heterocycles. The first-order valence-electron chi connectivity index (χ1n) is 7.58. The van der Waals surface area contributed by atoms with E-state index in [2.05, 4.69) is 5.32 Å². The Bertz CT molecular complexity index is 792. The van der Waals surface area contributed by atoms with Crippen molar-refractivity contribution < 1.29 is 14.3 Å². The van der Waals surface area contributed by atoms with Gasteiger partial charge in [0.05, 0.1) is 6.61 Å². The number of carbonyl (C=O) groups is 2. The van der Waals surface area contributed by atoms with Crippen molar-refractivity contribution in [3.63, 3.8) is 0 Å². The van der Waals surface area contributed by atoms with Gasteiger partial charge in [-0.1, -0.05) is 29.8 Å². The highest BCUT2D eigenvalue weighted by Gasteiger charge is 2.30. The SMILES string of the molecule is COCc1cccc(NC(=O)C(=O)N2CCc3c(Cl)cccc32)c1. The first kappa shape index (κ1) is 16.5. The lowest BCUT2D eigenvalue weighted by Gasteiger charge is -2.17. The largest absolute Gasteiger partial charge is 0.380 e. The van der Waals surface area contributed by atoms with Crippen molar-refractivity contribution >= 4 is 34.8 Å². The summed E-state index contributed by atoms with van der Waals surface area (Å²) in [6.07, 6.45) is 0.650. The van der Waals surface area contributed by atoms with Crippen LogP contribution in [-0.2, 0) is 27.4 Å². The quantitative estimate of drug-likeness (QED) is 0.871. The molecule has 0 radical (unpaired) electrons. The fourth-order valence-electron chi connectivity index (χ4n) is 2.82. The number of ether oxygens (including phenoxy) is 1. The van der Waals surface area contributed by atoms with Gasteiger partial charge in [-0.25, -0.2) is 0 Å². The van der Waals surface area contributed by atoms with Gasteiger partial charge in [0.1, 0.15) is 0 Å². The topological polar surface area (TPSA) is 58.6 Å². The van der Waals surface area contributed by atoms with Crippen LogP contribution in [0, 0.1) is 0 Å². The number of nitrogens with zero attached hydrogens (tertiary/aromatic N) is 1. The summed E-state index contributed by atoms with van der Waals surface area (Å²) in [6, 6.07) is 12.6. The van der Waals surface area contributed by atoms with Gasteiger partial charge in [-0.3, -0.25) is 9.59 Å². The minimum Gasteiger partial charge on any atom is -0.380 e. The predicted octanol–water partition coefficient (Wildman–Crippen LogP) is 3.01. The number of nitrogens with one attached hydrogen (secondary N) is 1. The molecule has 0 fully saturated rings. The van der Waals surface area contributed by atoms with Gasteiger partial charge >= 0.3 is 11.8 Å².